The highest BCUT2D eigenvalue weighted by Crippen LogP contribution is 2.29. The predicted molar refractivity (Wildman–Crippen MR) is 233 cm³/mol. The molecule has 4 aliphatic heterocycles. The average molecular weight is 879 g/mol. The van der Waals surface area contributed by atoms with Gasteiger partial charge < -0.3 is 39.7 Å². The Kier molecular flexibility index (Phi) is 16.4. The fourth-order valence-electron chi connectivity index (χ4n) is 9.78. The van der Waals surface area contributed by atoms with Gasteiger partial charge in [0.05, 0.1) is 5.92 Å². The molecule has 348 valence electrons. The van der Waals surface area contributed by atoms with Gasteiger partial charge in [-0.1, -0.05) is 78.8 Å². The largest absolute Gasteiger partial charge is 0.452 e. The fraction of sp³-hybridized carbons (Fsp3) is 0.702. The molecule has 16 nitrogen and oxygen atoms in total. The zero-order valence-electron chi connectivity index (χ0n) is 38.8. The number of cyclic esters (lactones) is 2. The Morgan fingerprint density at radius 3 is 1.67 bits per heavy atom. The monoisotopic (exact) mass is 879 g/mol. The number of fused-ring (bicyclic) bond motifs is 3. The second-order valence-corrected chi connectivity index (χ2v) is 19.1. The van der Waals surface area contributed by atoms with Gasteiger partial charge >= 0.3 is 11.9 Å². The molecule has 0 aliphatic carbocycles. The molecule has 10 atom stereocenters. The van der Waals surface area contributed by atoms with Gasteiger partial charge in [0.25, 0.3) is 11.8 Å². The molecule has 0 spiro atoms. The number of carbonyl (C=O) groups excluding carboxylic acids is 8. The summed E-state index contributed by atoms with van der Waals surface area (Å²) in [6.45, 7) is 16.4. The van der Waals surface area contributed by atoms with Gasteiger partial charge in [0.1, 0.15) is 30.2 Å². The molecule has 0 saturated carbocycles. The second-order valence-electron chi connectivity index (χ2n) is 19.1. The molecule has 1 aromatic carbocycles. The van der Waals surface area contributed by atoms with E-state index in [-0.39, 0.29) is 32.0 Å². The number of rotatable bonds is 6. The Labute approximate surface area is 372 Å². The lowest BCUT2D eigenvalue weighted by Crippen LogP contribution is -2.61. The summed E-state index contributed by atoms with van der Waals surface area (Å²) in [6, 6.07) is 3.91. The van der Waals surface area contributed by atoms with Crippen LogP contribution in [0.5, 0.6) is 0 Å². The average Bonchev–Trinajstić information content (AvgIpc) is 4.04. The van der Waals surface area contributed by atoms with Gasteiger partial charge in [-0.2, -0.15) is 0 Å². The maximum atomic E-state index is 14.8. The van der Waals surface area contributed by atoms with Crippen molar-refractivity contribution in [1.82, 2.24) is 30.2 Å². The van der Waals surface area contributed by atoms with Crippen LogP contribution >= 0.6 is 0 Å². The number of nitrogens with one attached hydrogen (secondary N) is 2. The third kappa shape index (κ3) is 11.0. The second kappa shape index (κ2) is 21.1. The van der Waals surface area contributed by atoms with Crippen molar-refractivity contribution in [3.05, 3.63) is 35.9 Å². The molecule has 4 heterocycles. The molecule has 5 rings (SSSR count). The van der Waals surface area contributed by atoms with Crippen LogP contribution in [0, 0.1) is 29.6 Å². The topological polar surface area (TPSA) is 192 Å². The van der Waals surface area contributed by atoms with Gasteiger partial charge in [-0.25, -0.2) is 4.79 Å². The summed E-state index contributed by atoms with van der Waals surface area (Å²) in [5.74, 6) is -7.03. The van der Waals surface area contributed by atoms with Gasteiger partial charge in [-0.15, -0.1) is 0 Å². The van der Waals surface area contributed by atoms with Crippen molar-refractivity contribution >= 4 is 47.4 Å². The molecule has 4 saturated heterocycles. The SMILES string of the molecule is CC(C)C1NC(=O)C2CCCN2C(=O)C(C(C)Cc2ccccc2)NC(=O)[C@@H]2CCCN2C(=O)[C@@H](C(C)C)N(C)C(=O)[C@@H](C(C)C)OC(=O)[C@@H]2CCCN2C(=O)[C@H](C)OC(=O)C1C. The van der Waals surface area contributed by atoms with Crippen molar-refractivity contribution in [2.45, 2.75) is 156 Å². The minimum atomic E-state index is -1.30. The first-order chi connectivity index (χ1) is 29.7. The van der Waals surface area contributed by atoms with Crippen LogP contribution in [0.4, 0.5) is 0 Å². The van der Waals surface area contributed by atoms with Crippen molar-refractivity contribution in [2.24, 2.45) is 29.6 Å². The Morgan fingerprint density at radius 1 is 0.603 bits per heavy atom. The maximum Gasteiger partial charge on any atom is 0.329 e. The first kappa shape index (κ1) is 49.0. The Morgan fingerprint density at radius 2 is 1.13 bits per heavy atom. The highest BCUT2D eigenvalue weighted by Gasteiger charge is 2.47. The highest BCUT2D eigenvalue weighted by molar-refractivity contribution is 5.97. The molecule has 0 aromatic heterocycles. The molecule has 0 bridgehead atoms. The third-order valence-electron chi connectivity index (χ3n) is 13.3. The molecule has 1 aromatic rings. The summed E-state index contributed by atoms with van der Waals surface area (Å²) in [6.07, 6.45) is 0.372. The summed E-state index contributed by atoms with van der Waals surface area (Å²) in [5, 5.41) is 6.05. The molecule has 5 unspecified atom stereocenters. The zero-order valence-corrected chi connectivity index (χ0v) is 38.8. The lowest BCUT2D eigenvalue weighted by molar-refractivity contribution is -0.172. The summed E-state index contributed by atoms with van der Waals surface area (Å²) in [5.41, 5.74) is 0.954. The number of benzene rings is 1. The normalized spacial score (nSPS) is 30.7. The van der Waals surface area contributed by atoms with Crippen molar-refractivity contribution < 1.29 is 47.8 Å². The Balaban J connectivity index is 1.54. The van der Waals surface area contributed by atoms with Gasteiger partial charge in [-0.3, -0.25) is 33.6 Å². The van der Waals surface area contributed by atoms with Crippen molar-refractivity contribution in [1.29, 1.82) is 0 Å². The van der Waals surface area contributed by atoms with E-state index < -0.39 is 120 Å². The number of esters is 2. The standard InChI is InChI=1S/C47H70N6O10/c1-26(2)36-30(8)46(60)62-31(9)42(56)53-24-16-21-35(53)47(61)63-39(28(5)6)45(59)50(10)38(27(3)4)44(58)52-23-15-20-34(52)41(55)49-37(29(7)25-32-17-12-11-13-18-32)43(57)51-22-14-19-33(51)40(54)48-36/h11-13,17-18,26-31,33-39H,14-16,19-25H2,1-10H3,(H,48,54)(H,49,55)/t29?,30?,31-,33?,34-,35-,36?,37?,38+,39+/m0/s1. The van der Waals surface area contributed by atoms with E-state index in [1.807, 2.05) is 51.1 Å². The van der Waals surface area contributed by atoms with Crippen molar-refractivity contribution in [3.8, 4) is 0 Å². The third-order valence-corrected chi connectivity index (χ3v) is 13.3. The van der Waals surface area contributed by atoms with E-state index in [4.69, 9.17) is 9.47 Å². The summed E-state index contributed by atoms with van der Waals surface area (Å²) in [4.78, 5) is 120. The van der Waals surface area contributed by atoms with Crippen LogP contribution in [0.15, 0.2) is 30.3 Å². The number of hydrogen-bond acceptors (Lipinski definition) is 10. The van der Waals surface area contributed by atoms with Crippen molar-refractivity contribution in [2.75, 3.05) is 26.7 Å². The zero-order chi connectivity index (χ0) is 46.4. The fourth-order valence-corrected chi connectivity index (χ4v) is 9.78. The molecular formula is C47H70N6O10. The van der Waals surface area contributed by atoms with E-state index in [2.05, 4.69) is 10.6 Å². The maximum absolute atomic E-state index is 14.8. The molecule has 6 amide bonds. The van der Waals surface area contributed by atoms with Crippen LogP contribution in [-0.4, -0.2) is 142 Å². The van der Waals surface area contributed by atoms with Crippen molar-refractivity contribution in [3.63, 3.8) is 0 Å². The number of nitrogens with zero attached hydrogens (tertiary/aromatic N) is 4. The van der Waals surface area contributed by atoms with Crippen LogP contribution in [0.2, 0.25) is 0 Å². The molecule has 2 N–H and O–H groups in total. The quantitative estimate of drug-likeness (QED) is 0.402. The van der Waals surface area contributed by atoms with Crippen LogP contribution in [0.3, 0.4) is 0 Å². The van der Waals surface area contributed by atoms with E-state index in [0.717, 1.165) is 5.56 Å². The van der Waals surface area contributed by atoms with Crippen LogP contribution < -0.4 is 10.6 Å². The first-order valence-corrected chi connectivity index (χ1v) is 23.0. The molecule has 63 heavy (non-hydrogen) atoms. The van der Waals surface area contributed by atoms with Gasteiger partial charge in [0, 0.05) is 32.7 Å². The number of likely N-dealkylation sites (N-methyl/N-ethyl adjacent to an activating group) is 1. The number of carbonyl (C=O) groups is 8. The summed E-state index contributed by atoms with van der Waals surface area (Å²) >= 11 is 0. The number of amides is 6. The Hall–Kier alpha value is -5.02. The lowest BCUT2D eigenvalue weighted by atomic mass is 9.91. The minimum absolute atomic E-state index is 0.206. The van der Waals surface area contributed by atoms with Crippen LogP contribution in [0.25, 0.3) is 0 Å². The minimum Gasteiger partial charge on any atom is -0.452 e. The number of ether oxygens (including phenoxy) is 2. The van der Waals surface area contributed by atoms with E-state index in [1.54, 1.807) is 34.6 Å². The van der Waals surface area contributed by atoms with E-state index >= 15 is 0 Å². The molecule has 16 heteroatoms. The van der Waals surface area contributed by atoms with E-state index in [9.17, 15) is 38.4 Å². The predicted octanol–water partition coefficient (Wildman–Crippen LogP) is 3.10. The van der Waals surface area contributed by atoms with E-state index in [1.165, 1.54) is 33.6 Å². The van der Waals surface area contributed by atoms with Gasteiger partial charge in [0.15, 0.2) is 12.2 Å². The van der Waals surface area contributed by atoms with Crippen LogP contribution in [0.1, 0.15) is 106 Å². The highest BCUT2D eigenvalue weighted by atomic mass is 16.6. The van der Waals surface area contributed by atoms with Crippen LogP contribution in [-0.2, 0) is 54.3 Å². The van der Waals surface area contributed by atoms with Gasteiger partial charge in [0.2, 0.25) is 23.6 Å². The van der Waals surface area contributed by atoms with Gasteiger partial charge in [-0.05, 0) is 88.0 Å². The molecular weight excluding hydrogens is 809 g/mol. The molecule has 4 aliphatic rings. The number of hydrogen-bond donors (Lipinski definition) is 2. The smallest absolute Gasteiger partial charge is 0.329 e. The first-order valence-electron chi connectivity index (χ1n) is 23.0. The van der Waals surface area contributed by atoms with E-state index in [0.29, 0.717) is 38.5 Å². The summed E-state index contributed by atoms with van der Waals surface area (Å²) < 4.78 is 11.6. The molecule has 0 radical (unpaired) electrons. The Bertz CT molecular complexity index is 1860. The summed E-state index contributed by atoms with van der Waals surface area (Å²) in [7, 11) is 1.49. The molecule has 4 fully saturated rings. The lowest BCUT2D eigenvalue weighted by Gasteiger charge is -2.38.